The minimum Gasteiger partial charge on any atom is -0.478 e. The smallest absolute Gasteiger partial charge is 0.335 e. The van der Waals surface area contributed by atoms with E-state index in [2.05, 4.69) is 10.3 Å². The summed E-state index contributed by atoms with van der Waals surface area (Å²) in [6.07, 6.45) is 2.72. The Morgan fingerprint density at radius 1 is 1.26 bits per heavy atom. The molecule has 6 heteroatoms. The van der Waals surface area contributed by atoms with Crippen molar-refractivity contribution in [2.45, 2.75) is 39.2 Å². The van der Waals surface area contributed by atoms with E-state index in [0.717, 1.165) is 15.4 Å². The summed E-state index contributed by atoms with van der Waals surface area (Å²) in [5, 5.41) is 12.7. The molecule has 2 N–H and O–H groups in total. The number of carbonyl (C=O) groups excluding carboxylic acids is 1. The van der Waals surface area contributed by atoms with Gasteiger partial charge >= 0.3 is 5.97 Å². The lowest BCUT2D eigenvalue weighted by atomic mass is 10.0. The number of nitrogens with one attached hydrogen (secondary N) is 1. The summed E-state index contributed by atoms with van der Waals surface area (Å²) >= 11 is 1.57. The molecule has 0 saturated heterocycles. The normalized spacial score (nSPS) is 11.3. The number of carboxylic acid groups (broad SMARTS) is 1. The van der Waals surface area contributed by atoms with Crippen LogP contribution in [0, 0.1) is 6.92 Å². The van der Waals surface area contributed by atoms with Crippen LogP contribution in [0.25, 0.3) is 0 Å². The maximum absolute atomic E-state index is 12.2. The summed E-state index contributed by atoms with van der Waals surface area (Å²) in [7, 11) is 0. The molecule has 0 aliphatic rings. The van der Waals surface area contributed by atoms with E-state index >= 15 is 0 Å². The standard InChI is InChI=1S/C17H20N2O3S/c1-11-10-18-16(23-11)17(2,3)19-14(20)9-6-12-4-7-13(8-5-12)15(21)22/h4-5,7-8,10H,6,9H2,1-3H3,(H,19,20)(H,21,22). The molecule has 1 heterocycles. The van der Waals surface area contributed by atoms with Crippen LogP contribution in [0.1, 0.15) is 46.1 Å². The largest absolute Gasteiger partial charge is 0.478 e. The first-order chi connectivity index (χ1) is 10.8. The number of hydrogen-bond donors (Lipinski definition) is 2. The Morgan fingerprint density at radius 3 is 2.43 bits per heavy atom. The van der Waals surface area contributed by atoms with Gasteiger partial charge in [-0.3, -0.25) is 4.79 Å². The van der Waals surface area contributed by atoms with Gasteiger partial charge in [-0.15, -0.1) is 11.3 Å². The third kappa shape index (κ3) is 4.63. The monoisotopic (exact) mass is 332 g/mol. The summed E-state index contributed by atoms with van der Waals surface area (Å²) in [5.41, 5.74) is 0.690. The molecule has 0 unspecified atom stereocenters. The van der Waals surface area contributed by atoms with Crippen LogP contribution in [0.5, 0.6) is 0 Å². The molecule has 0 aliphatic carbocycles. The second-order valence-electron chi connectivity index (χ2n) is 5.95. The number of aromatic carboxylic acids is 1. The summed E-state index contributed by atoms with van der Waals surface area (Å²) in [5.74, 6) is -1.00. The van der Waals surface area contributed by atoms with Crippen molar-refractivity contribution in [2.24, 2.45) is 0 Å². The lowest BCUT2D eigenvalue weighted by Gasteiger charge is -2.23. The van der Waals surface area contributed by atoms with E-state index in [0.29, 0.717) is 12.8 Å². The van der Waals surface area contributed by atoms with Gasteiger partial charge < -0.3 is 10.4 Å². The molecule has 0 radical (unpaired) electrons. The van der Waals surface area contributed by atoms with E-state index in [4.69, 9.17) is 5.11 Å². The van der Waals surface area contributed by atoms with Crippen molar-refractivity contribution in [3.63, 3.8) is 0 Å². The topological polar surface area (TPSA) is 79.3 Å². The van der Waals surface area contributed by atoms with Crippen LogP contribution >= 0.6 is 11.3 Å². The lowest BCUT2D eigenvalue weighted by molar-refractivity contribution is -0.122. The Morgan fingerprint density at radius 2 is 1.91 bits per heavy atom. The van der Waals surface area contributed by atoms with Crippen LogP contribution in [0.4, 0.5) is 0 Å². The predicted molar refractivity (Wildman–Crippen MR) is 89.7 cm³/mol. The van der Waals surface area contributed by atoms with Crippen molar-refractivity contribution in [1.82, 2.24) is 10.3 Å². The van der Waals surface area contributed by atoms with Crippen molar-refractivity contribution < 1.29 is 14.7 Å². The zero-order valence-electron chi connectivity index (χ0n) is 13.4. The lowest BCUT2D eigenvalue weighted by Crippen LogP contribution is -2.41. The Labute approximate surface area is 139 Å². The molecule has 2 aromatic rings. The fourth-order valence-corrected chi connectivity index (χ4v) is 3.00. The number of carboxylic acids is 1. The highest BCUT2D eigenvalue weighted by Crippen LogP contribution is 2.24. The molecular formula is C17H20N2O3S. The first kappa shape index (κ1) is 17.1. The summed E-state index contributed by atoms with van der Waals surface area (Å²) in [6, 6.07) is 6.59. The molecule has 2 rings (SSSR count). The van der Waals surface area contributed by atoms with Crippen LogP contribution in [0.15, 0.2) is 30.5 Å². The molecule has 1 aromatic heterocycles. The SMILES string of the molecule is Cc1cnc(C(C)(C)NC(=O)CCc2ccc(C(=O)O)cc2)s1. The maximum atomic E-state index is 12.2. The van der Waals surface area contributed by atoms with E-state index < -0.39 is 11.5 Å². The highest BCUT2D eigenvalue weighted by atomic mass is 32.1. The first-order valence-corrected chi connectivity index (χ1v) is 8.16. The molecule has 1 amide bonds. The number of thiazole rings is 1. The fourth-order valence-electron chi connectivity index (χ4n) is 2.18. The number of benzene rings is 1. The van der Waals surface area contributed by atoms with Crippen LogP contribution in [-0.2, 0) is 16.8 Å². The minimum absolute atomic E-state index is 0.0508. The third-order valence-corrected chi connectivity index (χ3v) is 4.69. The van der Waals surface area contributed by atoms with Gasteiger partial charge in [-0.2, -0.15) is 0 Å². The predicted octanol–water partition coefficient (Wildman–Crippen LogP) is 3.13. The quantitative estimate of drug-likeness (QED) is 0.852. The molecule has 23 heavy (non-hydrogen) atoms. The molecule has 5 nitrogen and oxygen atoms in total. The minimum atomic E-state index is -0.949. The number of aromatic nitrogens is 1. The zero-order valence-corrected chi connectivity index (χ0v) is 14.2. The summed E-state index contributed by atoms with van der Waals surface area (Å²) in [4.78, 5) is 28.4. The van der Waals surface area contributed by atoms with Gasteiger partial charge in [-0.1, -0.05) is 12.1 Å². The number of aryl methyl sites for hydroxylation is 2. The Balaban J connectivity index is 1.90. The van der Waals surface area contributed by atoms with Crippen molar-refractivity contribution in [3.05, 3.63) is 51.5 Å². The van der Waals surface area contributed by atoms with E-state index in [1.54, 1.807) is 41.8 Å². The third-order valence-electron chi connectivity index (χ3n) is 3.45. The van der Waals surface area contributed by atoms with Gasteiger partial charge in [0, 0.05) is 17.5 Å². The van der Waals surface area contributed by atoms with Crippen LogP contribution in [-0.4, -0.2) is 22.0 Å². The second-order valence-corrected chi connectivity index (χ2v) is 7.19. The molecule has 0 spiro atoms. The number of amides is 1. The summed E-state index contributed by atoms with van der Waals surface area (Å²) in [6.45, 7) is 5.86. The zero-order chi connectivity index (χ0) is 17.0. The van der Waals surface area contributed by atoms with E-state index in [1.807, 2.05) is 20.8 Å². The van der Waals surface area contributed by atoms with Gasteiger partial charge in [0.2, 0.25) is 5.91 Å². The van der Waals surface area contributed by atoms with Crippen molar-refractivity contribution >= 4 is 23.2 Å². The van der Waals surface area contributed by atoms with Gasteiger partial charge in [0.05, 0.1) is 11.1 Å². The highest BCUT2D eigenvalue weighted by molar-refractivity contribution is 7.11. The Kier molecular flexibility index (Phi) is 5.15. The number of nitrogens with zero attached hydrogens (tertiary/aromatic N) is 1. The van der Waals surface area contributed by atoms with Gasteiger partial charge in [0.1, 0.15) is 5.01 Å². The number of rotatable bonds is 6. The number of carbonyl (C=O) groups is 2. The van der Waals surface area contributed by atoms with Crippen molar-refractivity contribution in [3.8, 4) is 0 Å². The van der Waals surface area contributed by atoms with Crippen LogP contribution < -0.4 is 5.32 Å². The maximum Gasteiger partial charge on any atom is 0.335 e. The average Bonchev–Trinajstić information content (AvgIpc) is 2.92. The molecular weight excluding hydrogens is 312 g/mol. The molecule has 0 bridgehead atoms. The average molecular weight is 332 g/mol. The van der Waals surface area contributed by atoms with Crippen molar-refractivity contribution in [1.29, 1.82) is 0 Å². The van der Waals surface area contributed by atoms with Gasteiger partial charge in [-0.05, 0) is 44.9 Å². The molecule has 0 atom stereocenters. The summed E-state index contributed by atoms with van der Waals surface area (Å²) < 4.78 is 0. The van der Waals surface area contributed by atoms with Crippen LogP contribution in [0.3, 0.4) is 0 Å². The van der Waals surface area contributed by atoms with E-state index in [-0.39, 0.29) is 11.5 Å². The van der Waals surface area contributed by atoms with E-state index in [9.17, 15) is 9.59 Å². The number of hydrogen-bond acceptors (Lipinski definition) is 4. The first-order valence-electron chi connectivity index (χ1n) is 7.34. The molecule has 0 saturated carbocycles. The molecule has 1 aromatic carbocycles. The molecule has 0 aliphatic heterocycles. The Bertz CT molecular complexity index is 705. The van der Waals surface area contributed by atoms with Gasteiger partial charge in [0.15, 0.2) is 0 Å². The second kappa shape index (κ2) is 6.91. The highest BCUT2D eigenvalue weighted by Gasteiger charge is 2.25. The van der Waals surface area contributed by atoms with Gasteiger partial charge in [-0.25, -0.2) is 9.78 Å². The van der Waals surface area contributed by atoms with Gasteiger partial charge in [0.25, 0.3) is 0 Å². The van der Waals surface area contributed by atoms with E-state index in [1.165, 1.54) is 0 Å². The fraction of sp³-hybridized carbons (Fsp3) is 0.353. The van der Waals surface area contributed by atoms with Crippen molar-refractivity contribution in [2.75, 3.05) is 0 Å². The molecule has 0 fully saturated rings. The van der Waals surface area contributed by atoms with Crippen LogP contribution in [0.2, 0.25) is 0 Å². The Hall–Kier alpha value is -2.21. The molecule has 122 valence electrons.